The van der Waals surface area contributed by atoms with Crippen molar-refractivity contribution in [1.29, 1.82) is 5.26 Å². The van der Waals surface area contributed by atoms with Gasteiger partial charge >= 0.3 is 18.3 Å². The highest BCUT2D eigenvalue weighted by Crippen LogP contribution is 2.40. The Morgan fingerprint density at radius 2 is 1.29 bits per heavy atom. The Kier molecular flexibility index (Phi) is 7.48. The second kappa shape index (κ2) is 10.0. The van der Waals surface area contributed by atoms with Crippen molar-refractivity contribution in [3.63, 3.8) is 0 Å². The van der Waals surface area contributed by atoms with Gasteiger partial charge in [0, 0.05) is 16.1 Å². The molecular formula is C24H11Cl2F6NO2. The van der Waals surface area contributed by atoms with Crippen LogP contribution in [-0.2, 0) is 17.1 Å². The van der Waals surface area contributed by atoms with E-state index in [0.717, 1.165) is 30.3 Å². The van der Waals surface area contributed by atoms with Crippen LogP contribution in [0.2, 0.25) is 10.0 Å². The molecule has 0 unspecified atom stereocenters. The van der Waals surface area contributed by atoms with Crippen LogP contribution in [0.15, 0.2) is 66.7 Å². The molecule has 3 aromatic rings. The first-order valence-electron chi connectivity index (χ1n) is 9.49. The van der Waals surface area contributed by atoms with E-state index in [1.54, 1.807) is 6.07 Å². The van der Waals surface area contributed by atoms with E-state index in [-0.39, 0.29) is 15.6 Å². The monoisotopic (exact) mass is 529 g/mol. The zero-order chi connectivity index (χ0) is 26.0. The zero-order valence-electron chi connectivity index (χ0n) is 17.1. The number of carbonyl (C=O) groups excluding carboxylic acids is 1. The smallest absolute Gasteiger partial charge is 0.417 e. The van der Waals surface area contributed by atoms with Gasteiger partial charge in [0.25, 0.3) is 0 Å². The van der Waals surface area contributed by atoms with Crippen molar-refractivity contribution in [2.24, 2.45) is 0 Å². The Morgan fingerprint density at radius 1 is 0.771 bits per heavy atom. The van der Waals surface area contributed by atoms with Gasteiger partial charge in [-0.3, -0.25) is 0 Å². The summed E-state index contributed by atoms with van der Waals surface area (Å²) in [5, 5.41) is 9.79. The lowest BCUT2D eigenvalue weighted by atomic mass is 9.98. The Labute approximate surface area is 204 Å². The molecule has 0 aromatic heterocycles. The molecule has 3 rings (SSSR count). The van der Waals surface area contributed by atoms with Gasteiger partial charge in [-0.2, -0.15) is 31.6 Å². The van der Waals surface area contributed by atoms with Crippen molar-refractivity contribution < 1.29 is 35.9 Å². The zero-order valence-corrected chi connectivity index (χ0v) is 18.7. The molecule has 0 aliphatic carbocycles. The summed E-state index contributed by atoms with van der Waals surface area (Å²) >= 11 is 12.0. The van der Waals surface area contributed by atoms with Gasteiger partial charge < -0.3 is 4.74 Å². The molecule has 0 fully saturated rings. The number of allylic oxidation sites excluding steroid dienone is 1. The predicted molar refractivity (Wildman–Crippen MR) is 117 cm³/mol. The standard InChI is InChI=1S/C24H11Cl2F6NO2/c25-13-9-10-14(20(26)11-13)17(12-33)21(15-5-1-3-7-18(15)23(27,28)29)35-22(34)16-6-2-4-8-19(16)24(30,31)32/h1-11H. The Hall–Kier alpha value is -3.48. The van der Waals surface area contributed by atoms with E-state index < -0.39 is 51.9 Å². The van der Waals surface area contributed by atoms with E-state index in [1.807, 2.05) is 0 Å². The summed E-state index contributed by atoms with van der Waals surface area (Å²) in [6.07, 6.45) is -9.91. The highest BCUT2D eigenvalue weighted by molar-refractivity contribution is 6.36. The van der Waals surface area contributed by atoms with Crippen LogP contribution >= 0.6 is 23.2 Å². The summed E-state index contributed by atoms with van der Waals surface area (Å²) in [5.74, 6) is -2.55. The third-order valence-corrected chi connectivity index (χ3v) is 5.21. The molecule has 0 saturated heterocycles. The average Bonchev–Trinajstić information content (AvgIpc) is 2.78. The minimum absolute atomic E-state index is 0.143. The Morgan fingerprint density at radius 3 is 1.80 bits per heavy atom. The summed E-state index contributed by atoms with van der Waals surface area (Å²) in [5.41, 5.74) is -5.13. The lowest BCUT2D eigenvalue weighted by molar-refractivity contribution is -0.138. The number of hydrogen-bond donors (Lipinski definition) is 0. The van der Waals surface area contributed by atoms with Gasteiger partial charge in [-0.15, -0.1) is 0 Å². The van der Waals surface area contributed by atoms with Crippen molar-refractivity contribution in [3.05, 3.63) is 105 Å². The van der Waals surface area contributed by atoms with Crippen molar-refractivity contribution in [2.45, 2.75) is 12.4 Å². The largest absolute Gasteiger partial charge is 0.421 e. The fraction of sp³-hybridized carbons (Fsp3) is 0.0833. The van der Waals surface area contributed by atoms with E-state index in [1.165, 1.54) is 24.3 Å². The van der Waals surface area contributed by atoms with Crippen LogP contribution in [0.4, 0.5) is 26.3 Å². The van der Waals surface area contributed by atoms with Crippen LogP contribution in [0, 0.1) is 11.3 Å². The van der Waals surface area contributed by atoms with Crippen molar-refractivity contribution in [1.82, 2.24) is 0 Å². The number of carbonyl (C=O) groups is 1. The van der Waals surface area contributed by atoms with Crippen LogP contribution < -0.4 is 0 Å². The fourth-order valence-electron chi connectivity index (χ4n) is 3.15. The van der Waals surface area contributed by atoms with Gasteiger partial charge in [0.2, 0.25) is 0 Å². The molecule has 0 atom stereocenters. The molecule has 0 spiro atoms. The molecule has 0 N–H and O–H groups in total. The van der Waals surface area contributed by atoms with E-state index in [9.17, 15) is 36.4 Å². The fourth-order valence-corrected chi connectivity index (χ4v) is 3.65. The number of rotatable bonds is 4. The van der Waals surface area contributed by atoms with Crippen molar-refractivity contribution in [3.8, 4) is 6.07 Å². The van der Waals surface area contributed by atoms with Crippen LogP contribution in [0.5, 0.6) is 0 Å². The number of benzene rings is 3. The minimum atomic E-state index is -4.96. The normalized spacial score (nSPS) is 12.5. The number of nitrogens with zero attached hydrogens (tertiary/aromatic N) is 1. The van der Waals surface area contributed by atoms with Gasteiger partial charge in [-0.25, -0.2) is 4.79 Å². The molecule has 3 aromatic carbocycles. The third kappa shape index (κ3) is 5.78. The number of hydrogen-bond acceptors (Lipinski definition) is 3. The maximum atomic E-state index is 13.8. The summed E-state index contributed by atoms with van der Waals surface area (Å²) < 4.78 is 86.6. The maximum absolute atomic E-state index is 13.8. The number of alkyl halides is 6. The molecule has 35 heavy (non-hydrogen) atoms. The topological polar surface area (TPSA) is 50.1 Å². The first kappa shape index (κ1) is 26.1. The van der Waals surface area contributed by atoms with Gasteiger partial charge in [-0.1, -0.05) is 59.6 Å². The lowest BCUT2D eigenvalue weighted by Crippen LogP contribution is -2.16. The van der Waals surface area contributed by atoms with Crippen LogP contribution in [0.25, 0.3) is 11.3 Å². The summed E-state index contributed by atoms with van der Waals surface area (Å²) in [7, 11) is 0. The SMILES string of the molecule is N#CC(=C(OC(=O)c1ccccc1C(F)(F)F)c1ccccc1C(F)(F)F)c1ccc(Cl)cc1Cl. The van der Waals surface area contributed by atoms with Crippen molar-refractivity contribution >= 4 is 40.5 Å². The first-order chi connectivity index (χ1) is 16.3. The molecule has 0 heterocycles. The lowest BCUT2D eigenvalue weighted by Gasteiger charge is -2.18. The van der Waals surface area contributed by atoms with Crippen molar-refractivity contribution in [2.75, 3.05) is 0 Å². The molecule has 0 bridgehead atoms. The molecule has 0 radical (unpaired) electrons. The second-order valence-corrected chi connectivity index (χ2v) is 7.76. The number of halogens is 8. The molecule has 0 aliphatic heterocycles. The molecule has 0 aliphatic rings. The number of ether oxygens (including phenoxy) is 1. The Bertz CT molecular complexity index is 1360. The highest BCUT2D eigenvalue weighted by atomic mass is 35.5. The summed E-state index contributed by atoms with van der Waals surface area (Å²) in [6, 6.07) is 12.7. The number of nitriles is 1. The van der Waals surface area contributed by atoms with E-state index in [2.05, 4.69) is 0 Å². The molecular weight excluding hydrogens is 519 g/mol. The summed E-state index contributed by atoms with van der Waals surface area (Å²) in [4.78, 5) is 12.8. The quantitative estimate of drug-likeness (QED) is 0.112. The van der Waals surface area contributed by atoms with Gasteiger partial charge in [0.1, 0.15) is 11.6 Å². The van der Waals surface area contributed by atoms with Gasteiger partial charge in [-0.05, 0) is 30.3 Å². The average molecular weight is 530 g/mol. The molecule has 0 amide bonds. The van der Waals surface area contributed by atoms with E-state index >= 15 is 0 Å². The Balaban J connectivity index is 2.31. The highest BCUT2D eigenvalue weighted by Gasteiger charge is 2.38. The minimum Gasteiger partial charge on any atom is -0.421 e. The predicted octanol–water partition coefficient (Wildman–Crippen LogP) is 8.28. The van der Waals surface area contributed by atoms with Crippen LogP contribution in [-0.4, -0.2) is 5.97 Å². The van der Waals surface area contributed by atoms with E-state index in [0.29, 0.717) is 12.1 Å². The van der Waals surface area contributed by atoms with Gasteiger partial charge in [0.15, 0.2) is 5.76 Å². The van der Waals surface area contributed by atoms with E-state index in [4.69, 9.17) is 27.9 Å². The molecule has 3 nitrogen and oxygen atoms in total. The second-order valence-electron chi connectivity index (χ2n) is 6.92. The van der Waals surface area contributed by atoms with Crippen LogP contribution in [0.1, 0.15) is 32.6 Å². The maximum Gasteiger partial charge on any atom is 0.417 e. The molecule has 0 saturated carbocycles. The number of esters is 1. The molecule has 180 valence electrons. The van der Waals surface area contributed by atoms with Crippen LogP contribution in [0.3, 0.4) is 0 Å². The first-order valence-corrected chi connectivity index (χ1v) is 10.2. The summed E-state index contributed by atoms with van der Waals surface area (Å²) in [6.45, 7) is 0. The third-order valence-electron chi connectivity index (χ3n) is 4.66. The van der Waals surface area contributed by atoms with Gasteiger partial charge in [0.05, 0.1) is 21.7 Å². The molecule has 11 heteroatoms.